The summed E-state index contributed by atoms with van der Waals surface area (Å²) >= 11 is 0. The van der Waals surface area contributed by atoms with E-state index in [9.17, 15) is 4.79 Å². The number of nitrogens with two attached hydrogens (primary N) is 1. The van der Waals surface area contributed by atoms with E-state index in [4.69, 9.17) is 5.73 Å². The zero-order valence-electron chi connectivity index (χ0n) is 6.76. The summed E-state index contributed by atoms with van der Waals surface area (Å²) in [4.78, 5) is 10.7. The van der Waals surface area contributed by atoms with Crippen LogP contribution in [0.25, 0.3) is 0 Å². The van der Waals surface area contributed by atoms with Crippen molar-refractivity contribution in [1.29, 1.82) is 0 Å². The van der Waals surface area contributed by atoms with E-state index in [1.165, 1.54) is 0 Å². The van der Waals surface area contributed by atoms with Crippen molar-refractivity contribution in [2.75, 3.05) is 19.6 Å². The molecule has 1 rings (SSSR count). The lowest BCUT2D eigenvalue weighted by molar-refractivity contribution is -0.119. The highest BCUT2D eigenvalue weighted by molar-refractivity contribution is 5.80. The molecule has 0 aromatic heterocycles. The summed E-state index contributed by atoms with van der Waals surface area (Å²) in [5, 5.41) is 6.26. The lowest BCUT2D eigenvalue weighted by atomic mass is 10.2. The van der Waals surface area contributed by atoms with Crippen molar-refractivity contribution in [1.82, 2.24) is 10.6 Å². The van der Waals surface area contributed by atoms with Crippen LogP contribution in [0.3, 0.4) is 0 Å². The summed E-state index contributed by atoms with van der Waals surface area (Å²) in [7, 11) is 0. The maximum absolute atomic E-state index is 10.7. The molecule has 0 radical (unpaired) electrons. The average Bonchev–Trinajstić information content (AvgIpc) is 2.13. The molecule has 64 valence electrons. The van der Waals surface area contributed by atoms with Crippen molar-refractivity contribution >= 4 is 5.91 Å². The van der Waals surface area contributed by atoms with Crippen LogP contribution < -0.4 is 16.4 Å². The second-order valence-corrected chi connectivity index (χ2v) is 3.13. The van der Waals surface area contributed by atoms with Crippen LogP contribution in [0.1, 0.15) is 6.92 Å². The fraction of sp³-hybridized carbons (Fsp3) is 0.857. The van der Waals surface area contributed by atoms with Gasteiger partial charge in [-0.3, -0.25) is 4.79 Å². The molecule has 0 aromatic rings. The van der Waals surface area contributed by atoms with Crippen molar-refractivity contribution in [3.63, 3.8) is 0 Å². The fourth-order valence-electron chi connectivity index (χ4n) is 1.16. The van der Waals surface area contributed by atoms with Crippen LogP contribution in [0.5, 0.6) is 0 Å². The number of nitrogens with one attached hydrogen (secondary N) is 2. The first-order valence-electron chi connectivity index (χ1n) is 3.93. The van der Waals surface area contributed by atoms with Crippen molar-refractivity contribution in [3.8, 4) is 0 Å². The quantitative estimate of drug-likeness (QED) is 0.442. The van der Waals surface area contributed by atoms with E-state index in [1.807, 2.05) is 0 Å². The number of carbonyl (C=O) groups excluding carboxylic acids is 1. The summed E-state index contributed by atoms with van der Waals surface area (Å²) in [6, 6.07) is -0.194. The first kappa shape index (κ1) is 8.49. The maximum atomic E-state index is 10.7. The SMILES string of the molecule is CC1CNCC(C(N)=O)NC1. The van der Waals surface area contributed by atoms with Gasteiger partial charge in [0, 0.05) is 6.54 Å². The predicted octanol–water partition coefficient (Wildman–Crippen LogP) is -1.33. The normalized spacial score (nSPS) is 32.8. The van der Waals surface area contributed by atoms with Gasteiger partial charge in [0.2, 0.25) is 5.91 Å². The third kappa shape index (κ3) is 2.48. The minimum absolute atomic E-state index is 0.194. The third-order valence-electron chi connectivity index (χ3n) is 1.90. The van der Waals surface area contributed by atoms with Gasteiger partial charge in [0.25, 0.3) is 0 Å². The summed E-state index contributed by atoms with van der Waals surface area (Å²) in [5.74, 6) is 0.297. The molecule has 11 heavy (non-hydrogen) atoms. The molecule has 1 heterocycles. The van der Waals surface area contributed by atoms with Gasteiger partial charge in [-0.25, -0.2) is 0 Å². The number of carbonyl (C=O) groups is 1. The lowest BCUT2D eigenvalue weighted by Crippen LogP contribution is -2.45. The number of primary amides is 1. The molecule has 1 aliphatic heterocycles. The number of hydrogen-bond donors (Lipinski definition) is 3. The topological polar surface area (TPSA) is 67.1 Å². The highest BCUT2D eigenvalue weighted by Gasteiger charge is 2.18. The summed E-state index contributed by atoms with van der Waals surface area (Å²) in [5.41, 5.74) is 5.14. The molecule has 1 aliphatic rings. The Balaban J connectivity index is 2.40. The molecule has 0 aromatic carbocycles. The fourth-order valence-corrected chi connectivity index (χ4v) is 1.16. The van der Waals surface area contributed by atoms with E-state index in [2.05, 4.69) is 17.6 Å². The van der Waals surface area contributed by atoms with Crippen LogP contribution >= 0.6 is 0 Å². The molecule has 0 saturated carbocycles. The Morgan fingerprint density at radius 2 is 2.18 bits per heavy atom. The molecular weight excluding hydrogens is 142 g/mol. The molecule has 1 amide bonds. The molecule has 2 unspecified atom stereocenters. The Morgan fingerprint density at radius 1 is 1.45 bits per heavy atom. The van der Waals surface area contributed by atoms with E-state index in [0.717, 1.165) is 13.1 Å². The molecule has 1 fully saturated rings. The maximum Gasteiger partial charge on any atom is 0.235 e. The Kier molecular flexibility index (Phi) is 2.84. The lowest BCUT2D eigenvalue weighted by Gasteiger charge is -2.10. The van der Waals surface area contributed by atoms with Crippen LogP contribution in [-0.4, -0.2) is 31.6 Å². The van der Waals surface area contributed by atoms with Gasteiger partial charge in [-0.15, -0.1) is 0 Å². The Morgan fingerprint density at radius 3 is 2.82 bits per heavy atom. The third-order valence-corrected chi connectivity index (χ3v) is 1.90. The van der Waals surface area contributed by atoms with Gasteiger partial charge in [-0.1, -0.05) is 6.92 Å². The van der Waals surface area contributed by atoms with Crippen LogP contribution in [0.15, 0.2) is 0 Å². The molecule has 2 atom stereocenters. The van der Waals surface area contributed by atoms with Crippen molar-refractivity contribution in [2.24, 2.45) is 11.7 Å². The smallest absolute Gasteiger partial charge is 0.235 e. The number of amides is 1. The van der Waals surface area contributed by atoms with Crippen LogP contribution in [0.2, 0.25) is 0 Å². The molecular formula is C7H15N3O. The molecule has 0 bridgehead atoms. The first-order valence-corrected chi connectivity index (χ1v) is 3.93. The molecule has 4 heteroatoms. The molecule has 4 N–H and O–H groups in total. The summed E-state index contributed by atoms with van der Waals surface area (Å²) < 4.78 is 0. The number of hydrogen-bond acceptors (Lipinski definition) is 3. The van der Waals surface area contributed by atoms with E-state index in [0.29, 0.717) is 12.5 Å². The second-order valence-electron chi connectivity index (χ2n) is 3.13. The van der Waals surface area contributed by atoms with E-state index in [1.54, 1.807) is 0 Å². The first-order chi connectivity index (χ1) is 5.20. The Hall–Kier alpha value is -0.610. The molecule has 4 nitrogen and oxygen atoms in total. The monoisotopic (exact) mass is 157 g/mol. The van der Waals surface area contributed by atoms with Crippen LogP contribution in [0, 0.1) is 5.92 Å². The Bertz CT molecular complexity index is 149. The number of rotatable bonds is 1. The van der Waals surface area contributed by atoms with Gasteiger partial charge >= 0.3 is 0 Å². The van der Waals surface area contributed by atoms with Gasteiger partial charge in [-0.2, -0.15) is 0 Å². The highest BCUT2D eigenvalue weighted by Crippen LogP contribution is 1.95. The minimum atomic E-state index is -0.272. The predicted molar refractivity (Wildman–Crippen MR) is 43.0 cm³/mol. The molecule has 1 saturated heterocycles. The Labute approximate surface area is 66.5 Å². The van der Waals surface area contributed by atoms with Gasteiger partial charge in [0.1, 0.15) is 0 Å². The van der Waals surface area contributed by atoms with Gasteiger partial charge in [-0.05, 0) is 19.0 Å². The molecule has 0 spiro atoms. The van der Waals surface area contributed by atoms with Gasteiger partial charge < -0.3 is 16.4 Å². The standard InChI is InChI=1S/C7H15N3O/c1-5-2-9-4-6(7(8)11)10-3-5/h5-6,9-10H,2-4H2,1H3,(H2,8,11). The second kappa shape index (κ2) is 3.69. The summed E-state index contributed by atoms with van der Waals surface area (Å²) in [6.45, 7) is 4.60. The zero-order valence-corrected chi connectivity index (χ0v) is 6.76. The van der Waals surface area contributed by atoms with Crippen molar-refractivity contribution < 1.29 is 4.79 Å². The van der Waals surface area contributed by atoms with Gasteiger partial charge in [0.15, 0.2) is 0 Å². The molecule has 0 aliphatic carbocycles. The largest absolute Gasteiger partial charge is 0.368 e. The minimum Gasteiger partial charge on any atom is -0.368 e. The highest BCUT2D eigenvalue weighted by atomic mass is 16.1. The van der Waals surface area contributed by atoms with E-state index in [-0.39, 0.29) is 11.9 Å². The van der Waals surface area contributed by atoms with Crippen LogP contribution in [0.4, 0.5) is 0 Å². The van der Waals surface area contributed by atoms with E-state index < -0.39 is 0 Å². The summed E-state index contributed by atoms with van der Waals surface area (Å²) in [6.07, 6.45) is 0. The van der Waals surface area contributed by atoms with Crippen molar-refractivity contribution in [3.05, 3.63) is 0 Å². The van der Waals surface area contributed by atoms with Gasteiger partial charge in [0.05, 0.1) is 6.04 Å². The van der Waals surface area contributed by atoms with E-state index >= 15 is 0 Å². The zero-order chi connectivity index (χ0) is 8.27. The average molecular weight is 157 g/mol. The van der Waals surface area contributed by atoms with Crippen molar-refractivity contribution in [2.45, 2.75) is 13.0 Å². The van der Waals surface area contributed by atoms with Crippen LogP contribution in [-0.2, 0) is 4.79 Å².